The molecule has 0 fully saturated rings. The maximum absolute atomic E-state index is 11.8. The molecule has 3 N–H and O–H groups in total. The number of aromatic nitrogens is 1. The summed E-state index contributed by atoms with van der Waals surface area (Å²) in [5.74, 6) is -0.267. The number of pyridine rings is 1. The van der Waals surface area contributed by atoms with Crippen LogP contribution in [-0.4, -0.2) is 10.9 Å². The predicted molar refractivity (Wildman–Crippen MR) is 70.7 cm³/mol. The number of rotatable bonds is 2. The number of nitrogens with zero attached hydrogens (tertiary/aromatic N) is 1. The average Bonchev–Trinajstić information content (AvgIpc) is 2.33. The zero-order chi connectivity index (χ0) is 12.3. The van der Waals surface area contributed by atoms with E-state index in [1.807, 2.05) is 18.2 Å². The van der Waals surface area contributed by atoms with Gasteiger partial charge in [0, 0.05) is 4.47 Å². The number of nitrogens with one attached hydrogen (secondary N) is 1. The maximum Gasteiger partial charge on any atom is 0.274 e. The van der Waals surface area contributed by atoms with E-state index in [4.69, 9.17) is 5.73 Å². The van der Waals surface area contributed by atoms with Gasteiger partial charge in [-0.15, -0.1) is 0 Å². The second kappa shape index (κ2) is 4.97. The smallest absolute Gasteiger partial charge is 0.274 e. The van der Waals surface area contributed by atoms with E-state index in [0.29, 0.717) is 17.1 Å². The molecule has 17 heavy (non-hydrogen) atoms. The fourth-order valence-corrected chi connectivity index (χ4v) is 1.67. The van der Waals surface area contributed by atoms with Crippen LogP contribution in [0.3, 0.4) is 0 Å². The molecule has 5 heteroatoms. The van der Waals surface area contributed by atoms with Gasteiger partial charge in [-0.3, -0.25) is 4.79 Å². The van der Waals surface area contributed by atoms with Gasteiger partial charge in [0.1, 0.15) is 5.69 Å². The molecule has 0 saturated heterocycles. The van der Waals surface area contributed by atoms with Crippen LogP contribution >= 0.6 is 15.9 Å². The van der Waals surface area contributed by atoms with E-state index in [9.17, 15) is 4.79 Å². The first-order valence-electron chi connectivity index (χ1n) is 4.94. The van der Waals surface area contributed by atoms with E-state index < -0.39 is 0 Å². The molecular weight excluding hydrogens is 282 g/mol. The van der Waals surface area contributed by atoms with E-state index >= 15 is 0 Å². The first-order chi connectivity index (χ1) is 8.16. The molecule has 0 atom stereocenters. The lowest BCUT2D eigenvalue weighted by Gasteiger charge is -2.06. The number of para-hydroxylation sites is 1. The van der Waals surface area contributed by atoms with Gasteiger partial charge in [0.15, 0.2) is 0 Å². The Balaban J connectivity index is 2.17. The number of halogens is 1. The van der Waals surface area contributed by atoms with Crippen molar-refractivity contribution >= 4 is 33.2 Å². The lowest BCUT2D eigenvalue weighted by Crippen LogP contribution is -2.13. The van der Waals surface area contributed by atoms with Crippen LogP contribution in [0.15, 0.2) is 47.1 Å². The lowest BCUT2D eigenvalue weighted by atomic mass is 10.3. The first-order valence-corrected chi connectivity index (χ1v) is 5.73. The number of nitrogen functional groups attached to an aromatic ring is 1. The Morgan fingerprint density at radius 1 is 1.24 bits per heavy atom. The Morgan fingerprint density at radius 2 is 2.00 bits per heavy atom. The van der Waals surface area contributed by atoms with Crippen LogP contribution in [0.1, 0.15) is 10.5 Å². The third kappa shape index (κ3) is 2.82. The molecule has 1 amide bonds. The van der Waals surface area contributed by atoms with Crippen LogP contribution in [0.25, 0.3) is 0 Å². The Morgan fingerprint density at radius 3 is 2.65 bits per heavy atom. The third-order valence-corrected chi connectivity index (χ3v) is 2.83. The fraction of sp³-hybridized carbons (Fsp3) is 0. The lowest BCUT2D eigenvalue weighted by molar-refractivity contribution is 0.102. The highest BCUT2D eigenvalue weighted by atomic mass is 79.9. The number of anilines is 2. The molecule has 0 aliphatic rings. The molecular formula is C12H10BrN3O. The molecule has 0 aliphatic carbocycles. The molecule has 0 aliphatic heterocycles. The summed E-state index contributed by atoms with van der Waals surface area (Å²) in [6, 6.07) is 10.6. The van der Waals surface area contributed by atoms with Gasteiger partial charge in [0.2, 0.25) is 0 Å². The largest absolute Gasteiger partial charge is 0.397 e. The summed E-state index contributed by atoms with van der Waals surface area (Å²) >= 11 is 3.35. The number of nitrogens with two attached hydrogens (primary N) is 1. The monoisotopic (exact) mass is 291 g/mol. The van der Waals surface area contributed by atoms with Crippen molar-refractivity contribution in [2.24, 2.45) is 0 Å². The van der Waals surface area contributed by atoms with Crippen molar-refractivity contribution in [2.45, 2.75) is 0 Å². The van der Waals surface area contributed by atoms with E-state index in [-0.39, 0.29) is 5.91 Å². The first kappa shape index (κ1) is 11.6. The molecule has 4 nitrogen and oxygen atoms in total. The summed E-state index contributed by atoms with van der Waals surface area (Å²) in [7, 11) is 0. The van der Waals surface area contributed by atoms with Crippen molar-refractivity contribution in [3.8, 4) is 0 Å². The van der Waals surface area contributed by atoms with Gasteiger partial charge in [-0.25, -0.2) is 4.98 Å². The summed E-state index contributed by atoms with van der Waals surface area (Å²) in [5, 5.41) is 2.76. The Hall–Kier alpha value is -1.88. The molecule has 0 bridgehead atoms. The van der Waals surface area contributed by atoms with Gasteiger partial charge in [-0.2, -0.15) is 0 Å². The summed E-state index contributed by atoms with van der Waals surface area (Å²) in [6.45, 7) is 0. The minimum absolute atomic E-state index is 0.267. The number of benzene rings is 1. The fourth-order valence-electron chi connectivity index (χ4n) is 1.29. The molecule has 0 radical (unpaired) electrons. The topological polar surface area (TPSA) is 68.0 Å². The van der Waals surface area contributed by atoms with Gasteiger partial charge in [0.05, 0.1) is 17.6 Å². The van der Waals surface area contributed by atoms with E-state index in [0.717, 1.165) is 4.47 Å². The molecule has 0 spiro atoms. The van der Waals surface area contributed by atoms with Gasteiger partial charge in [0.25, 0.3) is 5.91 Å². The number of hydrogen-bond acceptors (Lipinski definition) is 3. The molecule has 1 heterocycles. The maximum atomic E-state index is 11.8. The Bertz CT molecular complexity index is 540. The molecule has 0 saturated carbocycles. The van der Waals surface area contributed by atoms with Crippen molar-refractivity contribution < 1.29 is 4.79 Å². The highest BCUT2D eigenvalue weighted by molar-refractivity contribution is 9.10. The van der Waals surface area contributed by atoms with Crippen LogP contribution in [0.5, 0.6) is 0 Å². The standard InChI is InChI=1S/C12H10BrN3O/c13-9-3-1-2-4-10(9)16-12(17)11-6-5-8(14)7-15-11/h1-7H,14H2,(H,16,17). The summed E-state index contributed by atoms with van der Waals surface area (Å²) < 4.78 is 0.823. The van der Waals surface area contributed by atoms with Crippen molar-refractivity contribution in [2.75, 3.05) is 11.1 Å². The summed E-state index contributed by atoms with van der Waals surface area (Å²) in [4.78, 5) is 15.8. The van der Waals surface area contributed by atoms with Crippen LogP contribution in [0.2, 0.25) is 0 Å². The molecule has 1 aromatic carbocycles. The van der Waals surface area contributed by atoms with E-state index in [1.54, 1.807) is 18.2 Å². The normalized spacial score (nSPS) is 9.94. The van der Waals surface area contributed by atoms with Crippen LogP contribution in [-0.2, 0) is 0 Å². The van der Waals surface area contributed by atoms with Crippen molar-refractivity contribution in [3.63, 3.8) is 0 Å². The summed E-state index contributed by atoms with van der Waals surface area (Å²) in [5.41, 5.74) is 7.07. The van der Waals surface area contributed by atoms with E-state index in [1.165, 1.54) is 6.20 Å². The van der Waals surface area contributed by atoms with Crippen LogP contribution in [0, 0.1) is 0 Å². The third-order valence-electron chi connectivity index (χ3n) is 2.14. The van der Waals surface area contributed by atoms with Crippen molar-refractivity contribution in [1.82, 2.24) is 4.98 Å². The molecule has 2 rings (SSSR count). The zero-order valence-electron chi connectivity index (χ0n) is 8.85. The average molecular weight is 292 g/mol. The quantitative estimate of drug-likeness (QED) is 0.894. The highest BCUT2D eigenvalue weighted by Gasteiger charge is 2.08. The molecule has 86 valence electrons. The molecule has 1 aromatic heterocycles. The molecule has 0 unspecified atom stereocenters. The Kier molecular flexibility index (Phi) is 3.39. The summed E-state index contributed by atoms with van der Waals surface area (Å²) in [6.07, 6.45) is 1.45. The predicted octanol–water partition coefficient (Wildman–Crippen LogP) is 2.68. The Labute approximate surface area is 107 Å². The van der Waals surface area contributed by atoms with Gasteiger partial charge >= 0.3 is 0 Å². The SMILES string of the molecule is Nc1ccc(C(=O)Nc2ccccc2Br)nc1. The van der Waals surface area contributed by atoms with Crippen molar-refractivity contribution in [1.29, 1.82) is 0 Å². The van der Waals surface area contributed by atoms with Crippen molar-refractivity contribution in [3.05, 3.63) is 52.8 Å². The number of amides is 1. The number of carbonyl (C=O) groups excluding carboxylic acids is 1. The van der Waals surface area contributed by atoms with Gasteiger partial charge in [-0.05, 0) is 40.2 Å². The molecule has 2 aromatic rings. The van der Waals surface area contributed by atoms with Gasteiger partial charge < -0.3 is 11.1 Å². The minimum atomic E-state index is -0.267. The zero-order valence-corrected chi connectivity index (χ0v) is 10.4. The second-order valence-corrected chi connectivity index (χ2v) is 4.27. The van der Waals surface area contributed by atoms with Crippen LogP contribution < -0.4 is 11.1 Å². The van der Waals surface area contributed by atoms with E-state index in [2.05, 4.69) is 26.2 Å². The number of hydrogen-bond donors (Lipinski definition) is 2. The second-order valence-electron chi connectivity index (χ2n) is 3.41. The highest BCUT2D eigenvalue weighted by Crippen LogP contribution is 2.21. The van der Waals surface area contributed by atoms with Gasteiger partial charge in [-0.1, -0.05) is 12.1 Å². The van der Waals surface area contributed by atoms with Crippen LogP contribution in [0.4, 0.5) is 11.4 Å². The number of carbonyl (C=O) groups is 1. The minimum Gasteiger partial charge on any atom is -0.397 e.